The summed E-state index contributed by atoms with van der Waals surface area (Å²) in [6.07, 6.45) is 0.194. The molecule has 1 aliphatic rings. The van der Waals surface area contributed by atoms with Crippen LogP contribution in [0.4, 0.5) is 13.2 Å². The van der Waals surface area contributed by atoms with Gasteiger partial charge in [-0.25, -0.2) is 4.39 Å². The van der Waals surface area contributed by atoms with Crippen LogP contribution in [0.5, 0.6) is 0 Å². The number of aliphatic hydroxyl groups excluding tert-OH is 1. The number of rotatable bonds is 3. The Morgan fingerprint density at radius 2 is 1.95 bits per heavy atom. The minimum Gasteiger partial charge on any atom is -0.492 e. The summed E-state index contributed by atoms with van der Waals surface area (Å²) in [4.78, 5) is 0. The maximum absolute atomic E-state index is 13.9. The minimum absolute atomic E-state index is 0.0403. The third-order valence-electron chi connectivity index (χ3n) is 2.87. The molecule has 19 heavy (non-hydrogen) atoms. The van der Waals surface area contributed by atoms with Crippen LogP contribution in [0.25, 0.3) is 5.57 Å². The monoisotopic (exact) mass is 270 g/mol. The van der Waals surface area contributed by atoms with Crippen LogP contribution in [0.3, 0.4) is 0 Å². The Balaban J connectivity index is 2.46. The predicted molar refractivity (Wildman–Crippen MR) is 65.0 cm³/mol. The van der Waals surface area contributed by atoms with Crippen molar-refractivity contribution in [3.63, 3.8) is 0 Å². The highest BCUT2D eigenvalue weighted by Gasteiger charge is 2.48. The maximum Gasteiger partial charge on any atom is 0.333 e. The van der Waals surface area contributed by atoms with Crippen molar-refractivity contribution in [1.29, 1.82) is 0 Å². The number of aliphatic hydroxyl groups is 1. The lowest BCUT2D eigenvalue weighted by atomic mass is 9.91. The third-order valence-corrected chi connectivity index (χ3v) is 2.87. The lowest BCUT2D eigenvalue weighted by molar-refractivity contribution is -0.0890. The predicted octanol–water partition coefficient (Wildman–Crippen LogP) is 3.14. The fraction of sp³-hybridized carbons (Fsp3) is 0.286. The summed E-state index contributed by atoms with van der Waals surface area (Å²) in [5, 5.41) is 9.77. The standard InChI is InChI=1S/C14H13F3O2/c1-2-19-12-8-7-10(13(18)14(12,16)17)9-5-3-4-6-11(9)15/h3-8,13,18H,2H2,1H3. The highest BCUT2D eigenvalue weighted by molar-refractivity contribution is 5.73. The Morgan fingerprint density at radius 3 is 2.58 bits per heavy atom. The summed E-state index contributed by atoms with van der Waals surface area (Å²) in [5.41, 5.74) is -0.201. The number of hydrogen-bond donors (Lipinski definition) is 1. The van der Waals surface area contributed by atoms with Crippen molar-refractivity contribution in [2.75, 3.05) is 6.61 Å². The van der Waals surface area contributed by atoms with Gasteiger partial charge in [-0.1, -0.05) is 24.3 Å². The van der Waals surface area contributed by atoms with E-state index >= 15 is 0 Å². The summed E-state index contributed by atoms with van der Waals surface area (Å²) >= 11 is 0. The molecule has 0 bridgehead atoms. The molecule has 2 rings (SSSR count). The van der Waals surface area contributed by atoms with Crippen LogP contribution >= 0.6 is 0 Å². The van der Waals surface area contributed by atoms with E-state index in [0.717, 1.165) is 12.1 Å². The second-order valence-corrected chi connectivity index (χ2v) is 4.09. The Hall–Kier alpha value is -1.75. The quantitative estimate of drug-likeness (QED) is 0.914. The Bertz CT molecular complexity index is 535. The summed E-state index contributed by atoms with van der Waals surface area (Å²) in [6.45, 7) is 1.64. The summed E-state index contributed by atoms with van der Waals surface area (Å²) < 4.78 is 46.2. The van der Waals surface area contributed by atoms with Gasteiger partial charge in [0.15, 0.2) is 11.9 Å². The zero-order valence-electron chi connectivity index (χ0n) is 10.2. The van der Waals surface area contributed by atoms with E-state index in [2.05, 4.69) is 0 Å². The van der Waals surface area contributed by atoms with Crippen LogP contribution in [0, 0.1) is 5.82 Å². The fourth-order valence-electron chi connectivity index (χ4n) is 1.93. The van der Waals surface area contributed by atoms with Gasteiger partial charge in [0.1, 0.15) is 5.82 Å². The van der Waals surface area contributed by atoms with Gasteiger partial charge in [0.05, 0.1) is 6.61 Å². The van der Waals surface area contributed by atoms with Gasteiger partial charge in [0, 0.05) is 5.56 Å². The molecule has 5 heteroatoms. The topological polar surface area (TPSA) is 29.5 Å². The smallest absolute Gasteiger partial charge is 0.333 e. The van der Waals surface area contributed by atoms with Gasteiger partial charge in [-0.3, -0.25) is 0 Å². The van der Waals surface area contributed by atoms with Crippen molar-refractivity contribution < 1.29 is 23.0 Å². The molecule has 1 unspecified atom stereocenters. The van der Waals surface area contributed by atoms with E-state index in [1.54, 1.807) is 6.92 Å². The van der Waals surface area contributed by atoms with E-state index in [1.165, 1.54) is 24.3 Å². The average Bonchev–Trinajstić information content (AvgIpc) is 2.37. The van der Waals surface area contributed by atoms with Gasteiger partial charge in [-0.15, -0.1) is 0 Å². The Kier molecular flexibility index (Phi) is 3.66. The van der Waals surface area contributed by atoms with E-state index in [9.17, 15) is 18.3 Å². The second-order valence-electron chi connectivity index (χ2n) is 4.09. The summed E-state index contributed by atoms with van der Waals surface area (Å²) in [7, 11) is 0. The molecule has 102 valence electrons. The molecule has 1 atom stereocenters. The van der Waals surface area contributed by atoms with E-state index in [1.807, 2.05) is 0 Å². The van der Waals surface area contributed by atoms with Crippen LogP contribution < -0.4 is 0 Å². The molecule has 0 radical (unpaired) electrons. The van der Waals surface area contributed by atoms with E-state index in [-0.39, 0.29) is 17.7 Å². The van der Waals surface area contributed by atoms with Gasteiger partial charge < -0.3 is 9.84 Å². The van der Waals surface area contributed by atoms with Gasteiger partial charge in [0.2, 0.25) is 0 Å². The van der Waals surface area contributed by atoms with Crippen molar-refractivity contribution in [1.82, 2.24) is 0 Å². The van der Waals surface area contributed by atoms with Crippen LogP contribution in [0.2, 0.25) is 0 Å². The van der Waals surface area contributed by atoms with Crippen molar-refractivity contribution in [2.45, 2.75) is 19.0 Å². The molecular formula is C14H13F3O2. The van der Waals surface area contributed by atoms with Crippen molar-refractivity contribution in [3.05, 3.63) is 53.6 Å². The second kappa shape index (κ2) is 5.09. The lowest BCUT2D eigenvalue weighted by Gasteiger charge is -2.29. The van der Waals surface area contributed by atoms with Crippen LogP contribution in [-0.2, 0) is 4.74 Å². The maximum atomic E-state index is 13.9. The van der Waals surface area contributed by atoms with Crippen LogP contribution in [0.15, 0.2) is 42.2 Å². The molecular weight excluding hydrogens is 257 g/mol. The minimum atomic E-state index is -3.57. The zero-order valence-corrected chi connectivity index (χ0v) is 10.2. The molecule has 1 N–H and O–H groups in total. The van der Waals surface area contributed by atoms with Crippen LogP contribution in [0.1, 0.15) is 12.5 Å². The number of allylic oxidation sites excluding steroid dienone is 2. The Labute approximate surface area is 108 Å². The number of hydrogen-bond acceptors (Lipinski definition) is 2. The highest BCUT2D eigenvalue weighted by Crippen LogP contribution is 2.39. The number of alkyl halides is 2. The van der Waals surface area contributed by atoms with E-state index < -0.39 is 23.6 Å². The van der Waals surface area contributed by atoms with E-state index in [4.69, 9.17) is 4.74 Å². The number of ether oxygens (including phenoxy) is 1. The highest BCUT2D eigenvalue weighted by atomic mass is 19.3. The van der Waals surface area contributed by atoms with Gasteiger partial charge >= 0.3 is 5.92 Å². The molecule has 2 nitrogen and oxygen atoms in total. The molecule has 1 aliphatic carbocycles. The van der Waals surface area contributed by atoms with E-state index in [0.29, 0.717) is 0 Å². The zero-order chi connectivity index (χ0) is 14.0. The molecule has 0 fully saturated rings. The molecule has 0 spiro atoms. The molecule has 0 saturated carbocycles. The third kappa shape index (κ3) is 2.38. The first-order valence-corrected chi connectivity index (χ1v) is 5.84. The SMILES string of the molecule is CCOC1=CC=C(c2ccccc2F)C(O)C1(F)F. The first kappa shape index (κ1) is 13.7. The molecule has 0 amide bonds. The normalized spacial score (nSPS) is 21.6. The van der Waals surface area contributed by atoms with Crippen molar-refractivity contribution in [2.24, 2.45) is 0 Å². The first-order valence-electron chi connectivity index (χ1n) is 5.84. The lowest BCUT2D eigenvalue weighted by Crippen LogP contribution is -2.39. The average molecular weight is 270 g/mol. The fourth-order valence-corrected chi connectivity index (χ4v) is 1.93. The van der Waals surface area contributed by atoms with Gasteiger partial charge in [-0.2, -0.15) is 8.78 Å². The molecule has 1 aromatic carbocycles. The van der Waals surface area contributed by atoms with Crippen molar-refractivity contribution in [3.8, 4) is 0 Å². The van der Waals surface area contributed by atoms with Crippen LogP contribution in [-0.4, -0.2) is 23.7 Å². The van der Waals surface area contributed by atoms with Gasteiger partial charge in [0.25, 0.3) is 0 Å². The molecule has 0 aliphatic heterocycles. The molecule has 0 heterocycles. The van der Waals surface area contributed by atoms with Gasteiger partial charge in [-0.05, 0) is 24.6 Å². The number of benzene rings is 1. The summed E-state index contributed by atoms with van der Waals surface area (Å²) in [6, 6.07) is 5.48. The molecule has 1 aromatic rings. The first-order chi connectivity index (χ1) is 8.98. The molecule has 0 aromatic heterocycles. The largest absolute Gasteiger partial charge is 0.492 e. The number of halogens is 3. The van der Waals surface area contributed by atoms with Crippen molar-refractivity contribution >= 4 is 5.57 Å². The molecule has 0 saturated heterocycles. The summed E-state index contributed by atoms with van der Waals surface area (Å²) in [5.74, 6) is -4.83. The Morgan fingerprint density at radius 1 is 1.26 bits per heavy atom.